The molecule has 0 spiro atoms. The molecule has 0 bridgehead atoms. The number of carboxylic acid groups (broad SMARTS) is 1. The highest BCUT2D eigenvalue weighted by Gasteiger charge is 2.46. The fourth-order valence-electron chi connectivity index (χ4n) is 5.08. The molecule has 0 radical (unpaired) electrons. The van der Waals surface area contributed by atoms with Crippen LogP contribution < -0.4 is 14.8 Å². The average Bonchev–Trinajstić information content (AvgIpc) is 3.60. The van der Waals surface area contributed by atoms with Crippen molar-refractivity contribution in [3.05, 3.63) is 53.6 Å². The first-order chi connectivity index (χ1) is 19.5. The molecule has 1 amide bonds. The molecule has 4 rings (SSSR count). The number of carbonyl (C=O) groups is 2. The van der Waals surface area contributed by atoms with Crippen molar-refractivity contribution < 1.29 is 33.0 Å². The topological polar surface area (TPSA) is 124 Å². The van der Waals surface area contributed by atoms with Crippen molar-refractivity contribution in [1.29, 1.82) is 0 Å². The van der Waals surface area contributed by atoms with E-state index in [1.165, 1.54) is 36.2 Å². The number of carboxylic acids is 1. The Morgan fingerprint density at radius 1 is 1.17 bits per heavy atom. The Morgan fingerprint density at radius 3 is 2.51 bits per heavy atom. The Balaban J connectivity index is 1.57. The SMILES string of the molecule is COc1cnn(C[C@H](CN2CCC(C(=O)Nc3ccc(Cl)cc3OC(F)F)(n3nccc3C(C)C)CC2)C(=O)O)c1. The summed E-state index contributed by atoms with van der Waals surface area (Å²) in [5, 5.41) is 21.5. The van der Waals surface area contributed by atoms with E-state index >= 15 is 0 Å². The summed E-state index contributed by atoms with van der Waals surface area (Å²) in [6.07, 6.45) is 5.39. The maximum absolute atomic E-state index is 14.0. The van der Waals surface area contributed by atoms with Gasteiger partial charge in [0.15, 0.2) is 11.5 Å². The predicted octanol–water partition coefficient (Wildman–Crippen LogP) is 4.30. The fraction of sp³-hybridized carbons (Fsp3) is 0.481. The standard InChI is InChI=1S/C27H33ClF2N6O5/c1-17(2)22-6-9-31-36(22)27(25(39)33-21-5-4-19(28)12-23(21)41-26(29)30)7-10-34(11-8-27)14-18(24(37)38)15-35-16-20(40-3)13-32-35/h4-6,9,12-13,16-18,26H,7-8,10-11,14-15H2,1-3H3,(H,33,39)(H,37,38)/t18-/m0/s1. The zero-order valence-electron chi connectivity index (χ0n) is 23.0. The largest absolute Gasteiger partial charge is 0.493 e. The predicted molar refractivity (Wildman–Crippen MR) is 147 cm³/mol. The van der Waals surface area contributed by atoms with Crippen LogP contribution in [0.4, 0.5) is 14.5 Å². The number of ether oxygens (including phenoxy) is 2. The number of carbonyl (C=O) groups excluding carboxylic acids is 1. The fourth-order valence-corrected chi connectivity index (χ4v) is 5.24. The van der Waals surface area contributed by atoms with Crippen LogP contribution in [0.25, 0.3) is 0 Å². The number of aliphatic carboxylic acids is 1. The minimum Gasteiger partial charge on any atom is -0.493 e. The zero-order valence-corrected chi connectivity index (χ0v) is 23.7. The van der Waals surface area contributed by atoms with E-state index in [4.69, 9.17) is 16.3 Å². The van der Waals surface area contributed by atoms with Crippen molar-refractivity contribution in [2.75, 3.05) is 32.1 Å². The summed E-state index contributed by atoms with van der Waals surface area (Å²) in [7, 11) is 1.51. The summed E-state index contributed by atoms with van der Waals surface area (Å²) in [5.41, 5.74) is -0.264. The van der Waals surface area contributed by atoms with Gasteiger partial charge in [-0.15, -0.1) is 0 Å². The van der Waals surface area contributed by atoms with E-state index in [1.54, 1.807) is 17.1 Å². The van der Waals surface area contributed by atoms with Crippen LogP contribution in [0.1, 0.15) is 38.3 Å². The van der Waals surface area contributed by atoms with E-state index < -0.39 is 29.9 Å². The lowest BCUT2D eigenvalue weighted by Crippen LogP contribution is -2.55. The number of piperidine rings is 1. The lowest BCUT2D eigenvalue weighted by Gasteiger charge is -2.42. The molecule has 1 atom stereocenters. The number of methoxy groups -OCH3 is 1. The van der Waals surface area contributed by atoms with Crippen molar-refractivity contribution in [3.8, 4) is 11.5 Å². The van der Waals surface area contributed by atoms with E-state index in [0.717, 1.165) is 5.69 Å². The zero-order chi connectivity index (χ0) is 29.7. The van der Waals surface area contributed by atoms with Crippen LogP contribution in [-0.2, 0) is 21.7 Å². The van der Waals surface area contributed by atoms with E-state index in [9.17, 15) is 23.5 Å². The molecule has 1 fully saturated rings. The lowest BCUT2D eigenvalue weighted by atomic mass is 9.85. The first kappa shape index (κ1) is 30.3. The maximum atomic E-state index is 14.0. The van der Waals surface area contributed by atoms with Gasteiger partial charge in [-0.3, -0.25) is 19.0 Å². The Morgan fingerprint density at radius 2 is 1.90 bits per heavy atom. The third kappa shape index (κ3) is 6.96. The van der Waals surface area contributed by atoms with Crippen LogP contribution in [0.15, 0.2) is 42.9 Å². The second-order valence-corrected chi connectivity index (χ2v) is 10.7. The van der Waals surface area contributed by atoms with Gasteiger partial charge in [-0.1, -0.05) is 25.4 Å². The van der Waals surface area contributed by atoms with Crippen molar-refractivity contribution in [3.63, 3.8) is 0 Å². The third-order valence-corrected chi connectivity index (χ3v) is 7.50. The second kappa shape index (κ2) is 12.9. The summed E-state index contributed by atoms with van der Waals surface area (Å²) in [6, 6.07) is 5.94. The van der Waals surface area contributed by atoms with Gasteiger partial charge in [0, 0.05) is 42.6 Å². The molecule has 41 heavy (non-hydrogen) atoms. The minimum atomic E-state index is -3.11. The number of nitrogens with zero attached hydrogens (tertiary/aromatic N) is 5. The smallest absolute Gasteiger partial charge is 0.387 e. The van der Waals surface area contributed by atoms with Gasteiger partial charge in [0.05, 0.1) is 37.7 Å². The summed E-state index contributed by atoms with van der Waals surface area (Å²) >= 11 is 5.98. The number of rotatable bonds is 12. The summed E-state index contributed by atoms with van der Waals surface area (Å²) < 4.78 is 39.1. The molecule has 1 saturated heterocycles. The summed E-state index contributed by atoms with van der Waals surface area (Å²) in [5.74, 6) is -1.82. The summed E-state index contributed by atoms with van der Waals surface area (Å²) in [4.78, 5) is 28.1. The number of amides is 1. The molecule has 14 heteroatoms. The Labute approximate surface area is 241 Å². The molecule has 1 aliphatic heterocycles. The monoisotopic (exact) mass is 594 g/mol. The molecule has 3 aromatic rings. The number of hydrogen-bond donors (Lipinski definition) is 2. The molecule has 3 heterocycles. The number of aromatic nitrogens is 4. The van der Waals surface area contributed by atoms with Crippen LogP contribution in [0.5, 0.6) is 11.5 Å². The highest BCUT2D eigenvalue weighted by molar-refractivity contribution is 6.30. The number of alkyl halides is 2. The second-order valence-electron chi connectivity index (χ2n) is 10.3. The molecule has 0 aliphatic carbocycles. The molecule has 1 aromatic carbocycles. The average molecular weight is 595 g/mol. The van der Waals surface area contributed by atoms with Gasteiger partial charge < -0.3 is 24.8 Å². The van der Waals surface area contributed by atoms with Crippen molar-refractivity contribution >= 4 is 29.2 Å². The van der Waals surface area contributed by atoms with E-state index in [1.807, 2.05) is 24.8 Å². The van der Waals surface area contributed by atoms with Gasteiger partial charge in [-0.05, 0) is 37.0 Å². The number of benzene rings is 1. The van der Waals surface area contributed by atoms with Gasteiger partial charge in [-0.2, -0.15) is 19.0 Å². The quantitative estimate of drug-likeness (QED) is 0.318. The van der Waals surface area contributed by atoms with Crippen LogP contribution in [0, 0.1) is 5.92 Å². The first-order valence-corrected chi connectivity index (χ1v) is 13.5. The Kier molecular flexibility index (Phi) is 9.49. The normalized spacial score (nSPS) is 16.1. The number of likely N-dealkylation sites (tertiary alicyclic amines) is 1. The van der Waals surface area contributed by atoms with Gasteiger partial charge in [0.2, 0.25) is 0 Å². The molecule has 2 aromatic heterocycles. The Hall–Kier alpha value is -3.71. The lowest BCUT2D eigenvalue weighted by molar-refractivity contribution is -0.143. The molecule has 11 nitrogen and oxygen atoms in total. The van der Waals surface area contributed by atoms with Crippen molar-refractivity contribution in [1.82, 2.24) is 24.5 Å². The minimum absolute atomic E-state index is 0.0518. The Bertz CT molecular complexity index is 1360. The number of nitrogens with one attached hydrogen (secondary N) is 1. The molecule has 2 N–H and O–H groups in total. The van der Waals surface area contributed by atoms with Gasteiger partial charge in [-0.25, -0.2) is 0 Å². The molecule has 0 unspecified atom stereocenters. The van der Waals surface area contributed by atoms with Crippen molar-refractivity contribution in [2.24, 2.45) is 5.92 Å². The van der Waals surface area contributed by atoms with Gasteiger partial charge in [0.1, 0.15) is 5.54 Å². The van der Waals surface area contributed by atoms with E-state index in [2.05, 4.69) is 20.3 Å². The van der Waals surface area contributed by atoms with Crippen LogP contribution >= 0.6 is 11.6 Å². The van der Waals surface area contributed by atoms with Crippen molar-refractivity contribution in [2.45, 2.75) is 51.3 Å². The van der Waals surface area contributed by atoms with E-state index in [0.29, 0.717) is 31.7 Å². The first-order valence-electron chi connectivity index (χ1n) is 13.1. The van der Waals surface area contributed by atoms with Crippen LogP contribution in [0.2, 0.25) is 5.02 Å². The number of anilines is 1. The maximum Gasteiger partial charge on any atom is 0.387 e. The highest BCUT2D eigenvalue weighted by atomic mass is 35.5. The van der Waals surface area contributed by atoms with Gasteiger partial charge in [0.25, 0.3) is 5.91 Å². The molecular formula is C27H33ClF2N6O5. The molecular weight excluding hydrogens is 562 g/mol. The molecule has 222 valence electrons. The summed E-state index contributed by atoms with van der Waals surface area (Å²) in [6.45, 7) is 2.07. The third-order valence-electron chi connectivity index (χ3n) is 7.26. The van der Waals surface area contributed by atoms with Crippen LogP contribution in [0.3, 0.4) is 0 Å². The number of halogens is 3. The van der Waals surface area contributed by atoms with Crippen LogP contribution in [-0.4, -0.2) is 74.8 Å². The highest BCUT2D eigenvalue weighted by Crippen LogP contribution is 2.37. The number of hydrogen-bond acceptors (Lipinski definition) is 7. The van der Waals surface area contributed by atoms with Gasteiger partial charge >= 0.3 is 12.6 Å². The molecule has 0 saturated carbocycles. The molecule has 1 aliphatic rings. The van der Waals surface area contributed by atoms with E-state index in [-0.39, 0.29) is 35.5 Å².